The highest BCUT2D eigenvalue weighted by Crippen LogP contribution is 2.15. The van der Waals surface area contributed by atoms with Crippen molar-refractivity contribution in [2.24, 2.45) is 0 Å². The summed E-state index contributed by atoms with van der Waals surface area (Å²) >= 11 is 0. The van der Waals surface area contributed by atoms with Crippen LogP contribution in [0.1, 0.15) is 15.9 Å². The molecule has 2 aromatic heterocycles. The Bertz CT molecular complexity index is 707. The minimum Gasteiger partial charge on any atom is -0.289 e. The summed E-state index contributed by atoms with van der Waals surface area (Å²) in [6, 6.07) is 18.4. The number of carbonyl (C=O) groups excluding carboxylic acids is 1. The number of hydrogen-bond acceptors (Lipinski definition) is 3. The van der Waals surface area contributed by atoms with Crippen molar-refractivity contribution in [3.8, 4) is 11.4 Å². The van der Waals surface area contributed by atoms with Gasteiger partial charge in [-0.15, -0.1) is 0 Å². The van der Waals surface area contributed by atoms with E-state index in [-0.39, 0.29) is 5.78 Å². The fourth-order valence-electron chi connectivity index (χ4n) is 1.95. The van der Waals surface area contributed by atoms with Gasteiger partial charge in [-0.25, -0.2) is 0 Å². The molecule has 0 saturated carbocycles. The highest BCUT2D eigenvalue weighted by atomic mass is 16.1. The SMILES string of the molecule is O=C(c1ccccc1)c1ccc(-c2ccccn2)nc1. The second kappa shape index (κ2) is 5.45. The molecule has 0 N–H and O–H groups in total. The summed E-state index contributed by atoms with van der Waals surface area (Å²) in [5.41, 5.74) is 2.80. The van der Waals surface area contributed by atoms with Gasteiger partial charge in [0.1, 0.15) is 0 Å². The second-order valence-corrected chi connectivity index (χ2v) is 4.34. The average Bonchev–Trinajstić information content (AvgIpc) is 2.56. The summed E-state index contributed by atoms with van der Waals surface area (Å²) in [7, 11) is 0. The van der Waals surface area contributed by atoms with Gasteiger partial charge in [-0.05, 0) is 24.3 Å². The molecule has 0 aliphatic heterocycles. The van der Waals surface area contributed by atoms with Crippen LogP contribution in [0.25, 0.3) is 11.4 Å². The van der Waals surface area contributed by atoms with Gasteiger partial charge in [0.05, 0.1) is 11.4 Å². The molecule has 0 unspecified atom stereocenters. The van der Waals surface area contributed by atoms with Gasteiger partial charge in [0, 0.05) is 23.5 Å². The van der Waals surface area contributed by atoms with Crippen molar-refractivity contribution in [1.82, 2.24) is 9.97 Å². The number of hydrogen-bond donors (Lipinski definition) is 0. The van der Waals surface area contributed by atoms with Crippen LogP contribution in [0.15, 0.2) is 73.1 Å². The Morgan fingerprint density at radius 1 is 0.700 bits per heavy atom. The first-order valence-corrected chi connectivity index (χ1v) is 6.32. The predicted octanol–water partition coefficient (Wildman–Crippen LogP) is 3.37. The van der Waals surface area contributed by atoms with Crippen LogP contribution >= 0.6 is 0 Å². The molecular formula is C17H12N2O. The Hall–Kier alpha value is -2.81. The molecule has 0 aliphatic carbocycles. The van der Waals surface area contributed by atoms with E-state index in [2.05, 4.69) is 9.97 Å². The van der Waals surface area contributed by atoms with Gasteiger partial charge in [-0.2, -0.15) is 0 Å². The lowest BCUT2D eigenvalue weighted by atomic mass is 10.0. The number of nitrogens with zero attached hydrogens (tertiary/aromatic N) is 2. The largest absolute Gasteiger partial charge is 0.289 e. The summed E-state index contributed by atoms with van der Waals surface area (Å²) in [5, 5.41) is 0. The second-order valence-electron chi connectivity index (χ2n) is 4.34. The monoisotopic (exact) mass is 260 g/mol. The molecule has 0 aliphatic rings. The Morgan fingerprint density at radius 3 is 2.10 bits per heavy atom. The first-order valence-electron chi connectivity index (χ1n) is 6.32. The summed E-state index contributed by atoms with van der Waals surface area (Å²) < 4.78 is 0. The molecule has 0 radical (unpaired) electrons. The number of rotatable bonds is 3. The zero-order valence-corrected chi connectivity index (χ0v) is 10.7. The number of carbonyl (C=O) groups is 1. The van der Waals surface area contributed by atoms with E-state index in [1.807, 2.05) is 42.5 Å². The third-order valence-electron chi connectivity index (χ3n) is 2.99. The normalized spacial score (nSPS) is 10.2. The number of benzene rings is 1. The first-order chi connectivity index (χ1) is 9.84. The van der Waals surface area contributed by atoms with Gasteiger partial charge in [0.25, 0.3) is 0 Å². The minimum atomic E-state index is -0.0225. The van der Waals surface area contributed by atoms with E-state index in [1.54, 1.807) is 30.6 Å². The fourth-order valence-corrected chi connectivity index (χ4v) is 1.95. The molecule has 0 atom stereocenters. The third-order valence-corrected chi connectivity index (χ3v) is 2.99. The van der Waals surface area contributed by atoms with Gasteiger partial charge >= 0.3 is 0 Å². The molecule has 0 fully saturated rings. The van der Waals surface area contributed by atoms with E-state index in [0.29, 0.717) is 11.1 Å². The van der Waals surface area contributed by atoms with E-state index >= 15 is 0 Å². The van der Waals surface area contributed by atoms with Gasteiger partial charge in [-0.1, -0.05) is 36.4 Å². The van der Waals surface area contributed by atoms with Crippen LogP contribution in [-0.2, 0) is 0 Å². The van der Waals surface area contributed by atoms with Crippen LogP contribution in [0.5, 0.6) is 0 Å². The van der Waals surface area contributed by atoms with Crippen LogP contribution in [0, 0.1) is 0 Å². The van der Waals surface area contributed by atoms with E-state index in [9.17, 15) is 4.79 Å². The maximum absolute atomic E-state index is 12.2. The molecule has 1 aromatic carbocycles. The molecule has 3 heteroatoms. The van der Waals surface area contributed by atoms with Crippen molar-refractivity contribution in [1.29, 1.82) is 0 Å². The van der Waals surface area contributed by atoms with Crippen LogP contribution < -0.4 is 0 Å². The van der Waals surface area contributed by atoms with E-state index in [0.717, 1.165) is 11.4 Å². The molecule has 0 bridgehead atoms. The zero-order valence-electron chi connectivity index (χ0n) is 10.7. The first kappa shape index (κ1) is 12.2. The molecule has 96 valence electrons. The minimum absolute atomic E-state index is 0.0225. The molecule has 20 heavy (non-hydrogen) atoms. The average molecular weight is 260 g/mol. The van der Waals surface area contributed by atoms with Crippen molar-refractivity contribution >= 4 is 5.78 Å². The molecule has 0 spiro atoms. The summed E-state index contributed by atoms with van der Waals surface area (Å²) in [6.45, 7) is 0. The van der Waals surface area contributed by atoms with Crippen molar-refractivity contribution in [2.75, 3.05) is 0 Å². The third kappa shape index (κ3) is 2.47. The Labute approximate surface area is 117 Å². The fraction of sp³-hybridized carbons (Fsp3) is 0. The van der Waals surface area contributed by atoms with Gasteiger partial charge in [0.15, 0.2) is 5.78 Å². The lowest BCUT2D eigenvalue weighted by Gasteiger charge is -2.03. The molecule has 0 saturated heterocycles. The topological polar surface area (TPSA) is 42.9 Å². The lowest BCUT2D eigenvalue weighted by Crippen LogP contribution is -2.01. The Morgan fingerprint density at radius 2 is 1.45 bits per heavy atom. The Balaban J connectivity index is 1.89. The summed E-state index contributed by atoms with van der Waals surface area (Å²) in [4.78, 5) is 20.8. The zero-order chi connectivity index (χ0) is 13.8. The van der Waals surface area contributed by atoms with Crippen molar-refractivity contribution in [2.45, 2.75) is 0 Å². The summed E-state index contributed by atoms with van der Waals surface area (Å²) in [5.74, 6) is -0.0225. The van der Waals surface area contributed by atoms with E-state index in [4.69, 9.17) is 0 Å². The van der Waals surface area contributed by atoms with Gasteiger partial charge in [-0.3, -0.25) is 14.8 Å². The number of pyridine rings is 2. The highest BCUT2D eigenvalue weighted by molar-refractivity contribution is 6.08. The molecule has 0 amide bonds. The van der Waals surface area contributed by atoms with E-state index in [1.165, 1.54) is 0 Å². The van der Waals surface area contributed by atoms with Crippen LogP contribution in [0.2, 0.25) is 0 Å². The van der Waals surface area contributed by atoms with Crippen molar-refractivity contribution in [3.05, 3.63) is 84.2 Å². The number of ketones is 1. The predicted molar refractivity (Wildman–Crippen MR) is 77.3 cm³/mol. The highest BCUT2D eigenvalue weighted by Gasteiger charge is 2.09. The van der Waals surface area contributed by atoms with Gasteiger partial charge < -0.3 is 0 Å². The van der Waals surface area contributed by atoms with Crippen LogP contribution in [0.4, 0.5) is 0 Å². The molecule has 2 heterocycles. The van der Waals surface area contributed by atoms with Crippen molar-refractivity contribution in [3.63, 3.8) is 0 Å². The van der Waals surface area contributed by atoms with E-state index < -0.39 is 0 Å². The maximum Gasteiger partial charge on any atom is 0.194 e. The molecule has 3 nitrogen and oxygen atoms in total. The van der Waals surface area contributed by atoms with Crippen molar-refractivity contribution < 1.29 is 4.79 Å². The smallest absolute Gasteiger partial charge is 0.194 e. The summed E-state index contributed by atoms with van der Waals surface area (Å²) in [6.07, 6.45) is 3.32. The molecule has 3 aromatic rings. The van der Waals surface area contributed by atoms with Crippen LogP contribution in [0.3, 0.4) is 0 Å². The van der Waals surface area contributed by atoms with Crippen LogP contribution in [-0.4, -0.2) is 15.8 Å². The lowest BCUT2D eigenvalue weighted by molar-refractivity contribution is 0.103. The molecular weight excluding hydrogens is 248 g/mol. The standard InChI is InChI=1S/C17H12N2O/c20-17(13-6-2-1-3-7-13)14-9-10-16(19-12-14)15-8-4-5-11-18-15/h1-12H. The maximum atomic E-state index is 12.2. The Kier molecular flexibility index (Phi) is 3.33. The quantitative estimate of drug-likeness (QED) is 0.678. The van der Waals surface area contributed by atoms with Gasteiger partial charge in [0.2, 0.25) is 0 Å². The molecule has 3 rings (SSSR count). The number of aromatic nitrogens is 2.